The topological polar surface area (TPSA) is 55.6 Å². The summed E-state index contributed by atoms with van der Waals surface area (Å²) in [6.07, 6.45) is 0.920. The number of thiazole rings is 1. The van der Waals surface area contributed by atoms with Gasteiger partial charge in [-0.25, -0.2) is 14.2 Å². The lowest BCUT2D eigenvalue weighted by molar-refractivity contribution is 0.122. The maximum Gasteiger partial charge on any atom is 0.412 e. The standard InChI is InChI=1S/C19H16FN3O2S2/c1-11-17(12(2)25-19(24)21-14-6-3-5-13(20)9-14)27-18-22-15(10-23(11)18)16-7-4-8-26-16/h3-10,12H,1-2H3,(H,21,24). The van der Waals surface area contributed by atoms with Crippen LogP contribution in [0.15, 0.2) is 48.0 Å². The van der Waals surface area contributed by atoms with Crippen molar-refractivity contribution in [1.29, 1.82) is 0 Å². The van der Waals surface area contributed by atoms with Crippen LogP contribution in [0, 0.1) is 12.7 Å². The Bertz CT molecular complexity index is 1100. The molecule has 0 aliphatic rings. The number of halogens is 1. The molecule has 0 fully saturated rings. The molecule has 3 aromatic heterocycles. The third-order valence-corrected chi connectivity index (χ3v) is 6.30. The number of anilines is 1. The number of ether oxygens (including phenoxy) is 1. The first-order valence-corrected chi connectivity index (χ1v) is 9.96. The Morgan fingerprint density at radius 3 is 2.89 bits per heavy atom. The number of carbonyl (C=O) groups excluding carboxylic acids is 1. The summed E-state index contributed by atoms with van der Waals surface area (Å²) in [6, 6.07) is 9.72. The van der Waals surface area contributed by atoms with E-state index in [1.165, 1.54) is 29.5 Å². The molecule has 1 unspecified atom stereocenters. The first kappa shape index (κ1) is 17.7. The van der Waals surface area contributed by atoms with Gasteiger partial charge in [0.05, 0.1) is 9.75 Å². The number of carbonyl (C=O) groups is 1. The van der Waals surface area contributed by atoms with Crippen LogP contribution in [-0.2, 0) is 4.74 Å². The highest BCUT2D eigenvalue weighted by Gasteiger charge is 2.20. The van der Waals surface area contributed by atoms with Gasteiger partial charge in [0.1, 0.15) is 17.6 Å². The number of thiophene rings is 1. The van der Waals surface area contributed by atoms with Crippen LogP contribution in [0.5, 0.6) is 0 Å². The molecule has 0 aliphatic carbocycles. The van der Waals surface area contributed by atoms with Gasteiger partial charge in [-0.3, -0.25) is 9.72 Å². The van der Waals surface area contributed by atoms with Crippen LogP contribution in [0.25, 0.3) is 15.5 Å². The molecule has 0 saturated carbocycles. The summed E-state index contributed by atoms with van der Waals surface area (Å²) in [4.78, 5) is 19.7. The Kier molecular flexibility index (Phi) is 4.67. The van der Waals surface area contributed by atoms with Crippen molar-refractivity contribution in [3.63, 3.8) is 0 Å². The van der Waals surface area contributed by atoms with E-state index in [0.29, 0.717) is 5.69 Å². The highest BCUT2D eigenvalue weighted by molar-refractivity contribution is 7.17. The Hall–Kier alpha value is -2.71. The van der Waals surface area contributed by atoms with Crippen LogP contribution in [0.3, 0.4) is 0 Å². The van der Waals surface area contributed by atoms with Crippen molar-refractivity contribution in [1.82, 2.24) is 9.38 Å². The van der Waals surface area contributed by atoms with Crippen LogP contribution in [0.2, 0.25) is 0 Å². The number of aryl methyl sites for hydroxylation is 1. The van der Waals surface area contributed by atoms with Crippen LogP contribution in [0.1, 0.15) is 23.6 Å². The molecule has 1 N–H and O–H groups in total. The van der Waals surface area contributed by atoms with Gasteiger partial charge < -0.3 is 4.74 Å². The Labute approximate surface area is 163 Å². The van der Waals surface area contributed by atoms with Crippen molar-refractivity contribution in [2.24, 2.45) is 0 Å². The summed E-state index contributed by atoms with van der Waals surface area (Å²) in [7, 11) is 0. The fourth-order valence-corrected chi connectivity index (χ4v) is 4.58. The largest absolute Gasteiger partial charge is 0.440 e. The lowest BCUT2D eigenvalue weighted by Gasteiger charge is -2.13. The van der Waals surface area contributed by atoms with Crippen LogP contribution in [0.4, 0.5) is 14.9 Å². The van der Waals surface area contributed by atoms with E-state index >= 15 is 0 Å². The Morgan fingerprint density at radius 1 is 1.33 bits per heavy atom. The summed E-state index contributed by atoms with van der Waals surface area (Å²) >= 11 is 3.14. The first-order chi connectivity index (χ1) is 13.0. The number of imidazole rings is 1. The molecule has 0 bridgehead atoms. The molecule has 0 aliphatic heterocycles. The second-order valence-electron chi connectivity index (χ2n) is 5.99. The van der Waals surface area contributed by atoms with Gasteiger partial charge in [0, 0.05) is 17.6 Å². The van der Waals surface area contributed by atoms with Gasteiger partial charge in [-0.05, 0) is 43.5 Å². The average Bonchev–Trinajstić information content (AvgIpc) is 3.32. The number of aromatic nitrogens is 2. The third kappa shape index (κ3) is 3.58. The van der Waals surface area contributed by atoms with Gasteiger partial charge in [0.2, 0.25) is 0 Å². The van der Waals surface area contributed by atoms with Gasteiger partial charge >= 0.3 is 6.09 Å². The van der Waals surface area contributed by atoms with E-state index < -0.39 is 18.0 Å². The Morgan fingerprint density at radius 2 is 2.19 bits per heavy atom. The number of nitrogens with one attached hydrogen (secondary N) is 1. The zero-order valence-corrected chi connectivity index (χ0v) is 16.2. The van der Waals surface area contributed by atoms with E-state index in [9.17, 15) is 9.18 Å². The fourth-order valence-electron chi connectivity index (χ4n) is 2.81. The number of nitrogens with zero attached hydrogens (tertiary/aromatic N) is 2. The molecule has 0 spiro atoms. The van der Waals surface area contributed by atoms with Crippen molar-refractivity contribution in [3.8, 4) is 10.6 Å². The molecule has 4 rings (SSSR count). The molecule has 3 heterocycles. The summed E-state index contributed by atoms with van der Waals surface area (Å²) in [5, 5.41) is 4.56. The molecule has 8 heteroatoms. The molecular weight excluding hydrogens is 385 g/mol. The normalized spacial score (nSPS) is 12.3. The molecular formula is C19H16FN3O2S2. The van der Waals surface area contributed by atoms with Crippen molar-refractivity contribution < 1.29 is 13.9 Å². The summed E-state index contributed by atoms with van der Waals surface area (Å²) in [6.45, 7) is 3.78. The van der Waals surface area contributed by atoms with E-state index in [0.717, 1.165) is 26.1 Å². The minimum Gasteiger partial charge on any atom is -0.440 e. The number of benzene rings is 1. The number of amides is 1. The lowest BCUT2D eigenvalue weighted by Crippen LogP contribution is -2.16. The summed E-state index contributed by atoms with van der Waals surface area (Å²) in [5.41, 5.74) is 2.27. The maximum atomic E-state index is 13.2. The van der Waals surface area contributed by atoms with Crippen LogP contribution >= 0.6 is 22.7 Å². The molecule has 1 amide bonds. The molecule has 1 atom stereocenters. The van der Waals surface area contributed by atoms with Crippen molar-refractivity contribution >= 4 is 39.4 Å². The molecule has 1 aromatic carbocycles. The second kappa shape index (κ2) is 7.13. The lowest BCUT2D eigenvalue weighted by atomic mass is 10.3. The first-order valence-electron chi connectivity index (χ1n) is 8.27. The quantitative estimate of drug-likeness (QED) is 0.464. The van der Waals surface area contributed by atoms with Gasteiger partial charge in [-0.1, -0.05) is 23.5 Å². The molecule has 27 heavy (non-hydrogen) atoms. The SMILES string of the molecule is Cc1c(C(C)OC(=O)Nc2cccc(F)c2)sc2nc(-c3cccs3)cn12. The molecule has 4 aromatic rings. The predicted molar refractivity (Wildman–Crippen MR) is 106 cm³/mol. The average molecular weight is 401 g/mol. The van der Waals surface area contributed by atoms with Crippen molar-refractivity contribution in [2.75, 3.05) is 5.32 Å². The van der Waals surface area contributed by atoms with Gasteiger partial charge in [0.25, 0.3) is 0 Å². The highest BCUT2D eigenvalue weighted by Crippen LogP contribution is 2.33. The van der Waals surface area contributed by atoms with E-state index in [-0.39, 0.29) is 0 Å². The minimum absolute atomic E-state index is 0.352. The third-order valence-electron chi connectivity index (χ3n) is 4.09. The predicted octanol–water partition coefficient (Wildman–Crippen LogP) is 5.88. The zero-order chi connectivity index (χ0) is 19.0. The van der Waals surface area contributed by atoms with Crippen molar-refractivity contribution in [2.45, 2.75) is 20.0 Å². The minimum atomic E-state index is -0.627. The Balaban J connectivity index is 1.50. The number of fused-ring (bicyclic) bond motifs is 1. The van der Waals surface area contributed by atoms with Gasteiger partial charge in [0.15, 0.2) is 4.96 Å². The van der Waals surface area contributed by atoms with E-state index in [1.807, 2.05) is 42.0 Å². The maximum absolute atomic E-state index is 13.2. The summed E-state index contributed by atoms with van der Waals surface area (Å²) in [5.74, 6) is -0.419. The molecule has 5 nitrogen and oxygen atoms in total. The van der Waals surface area contributed by atoms with E-state index in [1.54, 1.807) is 17.4 Å². The van der Waals surface area contributed by atoms with Gasteiger partial charge in [-0.2, -0.15) is 0 Å². The van der Waals surface area contributed by atoms with E-state index in [4.69, 9.17) is 4.74 Å². The van der Waals surface area contributed by atoms with E-state index in [2.05, 4.69) is 10.3 Å². The van der Waals surface area contributed by atoms with Crippen molar-refractivity contribution in [3.05, 3.63) is 64.4 Å². The number of rotatable bonds is 4. The summed E-state index contributed by atoms with van der Waals surface area (Å²) < 4.78 is 20.7. The smallest absolute Gasteiger partial charge is 0.412 e. The zero-order valence-electron chi connectivity index (χ0n) is 14.6. The number of hydrogen-bond donors (Lipinski definition) is 1. The van der Waals surface area contributed by atoms with Gasteiger partial charge in [-0.15, -0.1) is 11.3 Å². The fraction of sp³-hybridized carbons (Fsp3) is 0.158. The highest BCUT2D eigenvalue weighted by atomic mass is 32.1. The number of hydrogen-bond acceptors (Lipinski definition) is 5. The van der Waals surface area contributed by atoms with Crippen LogP contribution < -0.4 is 5.32 Å². The second-order valence-corrected chi connectivity index (χ2v) is 7.95. The molecule has 0 saturated heterocycles. The molecule has 138 valence electrons. The van der Waals surface area contributed by atoms with Crippen LogP contribution in [-0.4, -0.2) is 15.5 Å². The molecule has 0 radical (unpaired) electrons. The monoisotopic (exact) mass is 401 g/mol.